The van der Waals surface area contributed by atoms with Crippen LogP contribution < -0.4 is 0 Å². The first-order valence-corrected chi connectivity index (χ1v) is 11.0. The predicted molar refractivity (Wildman–Crippen MR) is 111 cm³/mol. The molecule has 0 aliphatic carbocycles. The number of unbranched alkanes of at least 4 members (excludes halogenated alkanes) is 12. The zero-order valence-electron chi connectivity index (χ0n) is 16.9. The fourth-order valence-corrected chi connectivity index (χ4v) is 3.77. The van der Waals surface area contributed by atoms with E-state index < -0.39 is 0 Å². The summed E-state index contributed by atoms with van der Waals surface area (Å²) in [5.74, 6) is 0.300. The van der Waals surface area contributed by atoms with Gasteiger partial charge >= 0.3 is 0 Å². The zero-order valence-corrected chi connectivity index (χ0v) is 16.9. The molecule has 0 bridgehead atoms. The smallest absolute Gasteiger partial charge is 0.0580 e. The SMILES string of the molecule is CCCCCCCCCCCCCCCC(c1ccccc1)C(C)O. The van der Waals surface area contributed by atoms with Gasteiger partial charge in [-0.1, -0.05) is 121 Å². The lowest BCUT2D eigenvalue weighted by Gasteiger charge is -2.20. The summed E-state index contributed by atoms with van der Waals surface area (Å²) in [6.07, 6.45) is 19.0. The van der Waals surface area contributed by atoms with E-state index in [0.29, 0.717) is 5.92 Å². The van der Waals surface area contributed by atoms with Gasteiger partial charge in [0.1, 0.15) is 0 Å². The first kappa shape index (κ1) is 22.2. The molecule has 144 valence electrons. The van der Waals surface area contributed by atoms with Crippen molar-refractivity contribution in [1.29, 1.82) is 0 Å². The molecule has 1 rings (SSSR count). The van der Waals surface area contributed by atoms with Crippen molar-refractivity contribution in [3.8, 4) is 0 Å². The number of aliphatic hydroxyl groups is 1. The third-order valence-corrected chi connectivity index (χ3v) is 5.43. The van der Waals surface area contributed by atoms with E-state index in [0.717, 1.165) is 6.42 Å². The van der Waals surface area contributed by atoms with Crippen molar-refractivity contribution < 1.29 is 5.11 Å². The zero-order chi connectivity index (χ0) is 18.2. The van der Waals surface area contributed by atoms with E-state index in [1.54, 1.807) is 0 Å². The Hall–Kier alpha value is -0.820. The van der Waals surface area contributed by atoms with E-state index in [1.165, 1.54) is 89.0 Å². The van der Waals surface area contributed by atoms with Gasteiger partial charge in [0.2, 0.25) is 0 Å². The Balaban J connectivity index is 1.95. The Morgan fingerprint density at radius 2 is 1.12 bits per heavy atom. The molecule has 1 N–H and O–H groups in total. The minimum absolute atomic E-state index is 0.250. The fourth-order valence-electron chi connectivity index (χ4n) is 3.77. The van der Waals surface area contributed by atoms with Crippen LogP contribution in [0.5, 0.6) is 0 Å². The maximum absolute atomic E-state index is 10.1. The van der Waals surface area contributed by atoms with Crippen LogP contribution in [0.3, 0.4) is 0 Å². The summed E-state index contributed by atoms with van der Waals surface area (Å²) in [5, 5.41) is 10.1. The Labute approximate surface area is 157 Å². The molecule has 0 saturated carbocycles. The molecule has 0 saturated heterocycles. The maximum atomic E-state index is 10.1. The topological polar surface area (TPSA) is 20.2 Å². The minimum Gasteiger partial charge on any atom is -0.393 e. The van der Waals surface area contributed by atoms with Gasteiger partial charge in [-0.15, -0.1) is 0 Å². The molecule has 1 heteroatoms. The molecule has 25 heavy (non-hydrogen) atoms. The van der Waals surface area contributed by atoms with Crippen molar-refractivity contribution in [3.05, 3.63) is 35.9 Å². The molecule has 0 fully saturated rings. The van der Waals surface area contributed by atoms with Crippen molar-refractivity contribution in [2.75, 3.05) is 0 Å². The van der Waals surface area contributed by atoms with Crippen molar-refractivity contribution in [2.24, 2.45) is 0 Å². The summed E-state index contributed by atoms with van der Waals surface area (Å²) < 4.78 is 0. The molecule has 0 heterocycles. The van der Waals surface area contributed by atoms with Crippen LogP contribution in [0.2, 0.25) is 0 Å². The second kappa shape index (κ2) is 15.4. The van der Waals surface area contributed by atoms with Gasteiger partial charge in [-0.2, -0.15) is 0 Å². The lowest BCUT2D eigenvalue weighted by Crippen LogP contribution is -2.14. The van der Waals surface area contributed by atoms with Gasteiger partial charge in [-0.05, 0) is 18.9 Å². The standard InChI is InChI=1S/C24H42O/c1-3-4-5-6-7-8-9-10-11-12-13-14-18-21-24(22(2)25)23-19-16-15-17-20-23/h15-17,19-20,22,24-25H,3-14,18,21H2,1-2H3. The van der Waals surface area contributed by atoms with Gasteiger partial charge in [0, 0.05) is 5.92 Å². The van der Waals surface area contributed by atoms with Crippen LogP contribution in [0.4, 0.5) is 0 Å². The first-order valence-electron chi connectivity index (χ1n) is 11.0. The molecule has 1 aromatic carbocycles. The Bertz CT molecular complexity index is 384. The average molecular weight is 347 g/mol. The molecule has 2 unspecified atom stereocenters. The van der Waals surface area contributed by atoms with Crippen molar-refractivity contribution in [1.82, 2.24) is 0 Å². The Morgan fingerprint density at radius 1 is 0.680 bits per heavy atom. The average Bonchev–Trinajstić information content (AvgIpc) is 2.62. The Kier molecular flexibility index (Phi) is 13.7. The highest BCUT2D eigenvalue weighted by atomic mass is 16.3. The molecular formula is C24H42O. The molecule has 2 atom stereocenters. The first-order chi connectivity index (χ1) is 12.3. The second-order valence-corrected chi connectivity index (χ2v) is 7.79. The molecule has 0 spiro atoms. The highest BCUT2D eigenvalue weighted by Gasteiger charge is 2.16. The van der Waals surface area contributed by atoms with E-state index in [9.17, 15) is 5.11 Å². The van der Waals surface area contributed by atoms with Crippen LogP contribution in [-0.4, -0.2) is 11.2 Å². The number of aliphatic hydroxyl groups excluding tert-OH is 1. The van der Waals surface area contributed by atoms with E-state index >= 15 is 0 Å². The van der Waals surface area contributed by atoms with Gasteiger partial charge in [0.25, 0.3) is 0 Å². The quantitative estimate of drug-likeness (QED) is 0.305. The molecule has 0 aliphatic rings. The second-order valence-electron chi connectivity index (χ2n) is 7.79. The third kappa shape index (κ3) is 11.4. The van der Waals surface area contributed by atoms with Crippen molar-refractivity contribution in [3.63, 3.8) is 0 Å². The molecular weight excluding hydrogens is 304 g/mol. The van der Waals surface area contributed by atoms with Gasteiger partial charge in [-0.3, -0.25) is 0 Å². The van der Waals surface area contributed by atoms with Crippen molar-refractivity contribution >= 4 is 0 Å². The molecule has 1 nitrogen and oxygen atoms in total. The molecule has 0 radical (unpaired) electrons. The summed E-state index contributed by atoms with van der Waals surface area (Å²) in [7, 11) is 0. The largest absolute Gasteiger partial charge is 0.393 e. The highest BCUT2D eigenvalue weighted by molar-refractivity contribution is 5.20. The molecule has 0 aromatic heterocycles. The number of hydrogen-bond acceptors (Lipinski definition) is 1. The number of benzene rings is 1. The summed E-state index contributed by atoms with van der Waals surface area (Å²) in [6.45, 7) is 4.21. The highest BCUT2D eigenvalue weighted by Crippen LogP contribution is 2.26. The van der Waals surface area contributed by atoms with Crippen LogP contribution >= 0.6 is 0 Å². The van der Waals surface area contributed by atoms with Crippen LogP contribution in [0.15, 0.2) is 30.3 Å². The monoisotopic (exact) mass is 346 g/mol. The number of rotatable bonds is 16. The lowest BCUT2D eigenvalue weighted by molar-refractivity contribution is 0.156. The molecule has 0 amide bonds. The summed E-state index contributed by atoms with van der Waals surface area (Å²) in [4.78, 5) is 0. The van der Waals surface area contributed by atoms with E-state index in [1.807, 2.05) is 13.0 Å². The Morgan fingerprint density at radius 3 is 1.56 bits per heavy atom. The minimum atomic E-state index is -0.250. The third-order valence-electron chi connectivity index (χ3n) is 5.43. The summed E-state index contributed by atoms with van der Waals surface area (Å²) >= 11 is 0. The van der Waals surface area contributed by atoms with Crippen LogP contribution in [0, 0.1) is 0 Å². The van der Waals surface area contributed by atoms with Crippen LogP contribution in [-0.2, 0) is 0 Å². The molecule has 0 aliphatic heterocycles. The van der Waals surface area contributed by atoms with E-state index in [-0.39, 0.29) is 6.10 Å². The summed E-state index contributed by atoms with van der Waals surface area (Å²) in [5.41, 5.74) is 1.29. The van der Waals surface area contributed by atoms with Crippen LogP contribution in [0.25, 0.3) is 0 Å². The normalized spacial score (nSPS) is 13.7. The van der Waals surface area contributed by atoms with E-state index in [4.69, 9.17) is 0 Å². The summed E-state index contributed by atoms with van der Waals surface area (Å²) in [6, 6.07) is 10.5. The van der Waals surface area contributed by atoms with Gasteiger partial charge in [-0.25, -0.2) is 0 Å². The lowest BCUT2D eigenvalue weighted by atomic mass is 9.89. The van der Waals surface area contributed by atoms with E-state index in [2.05, 4.69) is 31.2 Å². The van der Waals surface area contributed by atoms with Crippen molar-refractivity contribution in [2.45, 2.75) is 116 Å². The van der Waals surface area contributed by atoms with Gasteiger partial charge in [0.05, 0.1) is 6.10 Å². The maximum Gasteiger partial charge on any atom is 0.0580 e. The van der Waals surface area contributed by atoms with Gasteiger partial charge < -0.3 is 5.11 Å². The number of hydrogen-bond donors (Lipinski definition) is 1. The van der Waals surface area contributed by atoms with Crippen LogP contribution in [0.1, 0.15) is 115 Å². The molecule has 1 aromatic rings. The predicted octanol–water partition coefficient (Wildman–Crippen LogP) is 7.63. The fraction of sp³-hybridized carbons (Fsp3) is 0.750. The van der Waals surface area contributed by atoms with Gasteiger partial charge in [0.15, 0.2) is 0 Å².